The highest BCUT2D eigenvalue weighted by molar-refractivity contribution is 7.89. The van der Waals surface area contributed by atoms with Crippen molar-refractivity contribution in [3.05, 3.63) is 47.6 Å². The van der Waals surface area contributed by atoms with E-state index in [0.29, 0.717) is 29.6 Å². The molecule has 0 radical (unpaired) electrons. The molecular weight excluding hydrogens is 388 g/mol. The Hall–Kier alpha value is -2.16. The number of aromatic nitrogens is 1. The number of hydrogen-bond acceptors (Lipinski definition) is 5. The van der Waals surface area contributed by atoms with E-state index in [-0.39, 0.29) is 17.3 Å². The van der Waals surface area contributed by atoms with E-state index < -0.39 is 10.0 Å². The molecule has 0 unspecified atom stereocenters. The predicted octanol–water partition coefficient (Wildman–Crippen LogP) is 2.96. The lowest BCUT2D eigenvalue weighted by Crippen LogP contribution is -2.35. The van der Waals surface area contributed by atoms with Crippen molar-refractivity contribution in [3.63, 3.8) is 0 Å². The molecule has 9 heteroatoms. The van der Waals surface area contributed by atoms with Crippen LogP contribution < -0.4 is 10.6 Å². The molecule has 2 aromatic rings. The molecule has 0 spiro atoms. The van der Waals surface area contributed by atoms with Gasteiger partial charge in [0.05, 0.1) is 16.5 Å². The molecule has 144 valence electrons. The Balaban J connectivity index is 1.61. The van der Waals surface area contributed by atoms with Crippen LogP contribution in [0.4, 0.5) is 11.5 Å². The first-order valence-corrected chi connectivity index (χ1v) is 10.5. The fourth-order valence-corrected chi connectivity index (χ4v) is 4.52. The number of carbonyl (C=O) groups excluding carboxylic acids is 1. The molecule has 1 fully saturated rings. The minimum Gasteiger partial charge on any atom is -0.376 e. The molecule has 1 aromatic carbocycles. The van der Waals surface area contributed by atoms with E-state index in [1.807, 2.05) is 0 Å². The number of amides is 1. The summed E-state index contributed by atoms with van der Waals surface area (Å²) in [7, 11) is -3.51. The summed E-state index contributed by atoms with van der Waals surface area (Å²) in [5.74, 6) is 0.0988. The van der Waals surface area contributed by atoms with Crippen molar-refractivity contribution in [1.82, 2.24) is 9.29 Å². The molecule has 27 heavy (non-hydrogen) atoms. The van der Waals surface area contributed by atoms with Crippen LogP contribution in [0.25, 0.3) is 0 Å². The standard InChI is InChI=1S/C18H21ClN4O3S/c19-14-7-8-17(21-12-14)22-18(24)13-20-15-5-4-6-16(11-15)27(25,26)23-9-2-1-3-10-23/h4-8,11-12,20H,1-3,9-10,13H2,(H,21,22,24). The van der Waals surface area contributed by atoms with Gasteiger partial charge in [0, 0.05) is 25.0 Å². The van der Waals surface area contributed by atoms with Gasteiger partial charge in [-0.3, -0.25) is 4.79 Å². The summed E-state index contributed by atoms with van der Waals surface area (Å²) < 4.78 is 27.0. The maximum absolute atomic E-state index is 12.7. The lowest BCUT2D eigenvalue weighted by molar-refractivity contribution is -0.114. The average Bonchev–Trinajstić information content (AvgIpc) is 2.69. The van der Waals surface area contributed by atoms with Gasteiger partial charge in [0.1, 0.15) is 5.82 Å². The summed E-state index contributed by atoms with van der Waals surface area (Å²) in [4.78, 5) is 16.3. The van der Waals surface area contributed by atoms with E-state index >= 15 is 0 Å². The van der Waals surface area contributed by atoms with E-state index in [1.54, 1.807) is 36.4 Å². The van der Waals surface area contributed by atoms with Crippen LogP contribution in [0.2, 0.25) is 5.02 Å². The fourth-order valence-electron chi connectivity index (χ4n) is 2.84. The van der Waals surface area contributed by atoms with Crippen LogP contribution in [0.15, 0.2) is 47.5 Å². The molecular formula is C18H21ClN4O3S. The lowest BCUT2D eigenvalue weighted by atomic mass is 10.2. The first-order valence-electron chi connectivity index (χ1n) is 8.71. The van der Waals surface area contributed by atoms with E-state index in [1.165, 1.54) is 10.5 Å². The number of sulfonamides is 1. The van der Waals surface area contributed by atoms with Crippen molar-refractivity contribution in [2.24, 2.45) is 0 Å². The number of pyridine rings is 1. The number of nitrogens with one attached hydrogen (secondary N) is 2. The predicted molar refractivity (Wildman–Crippen MR) is 105 cm³/mol. The average molecular weight is 409 g/mol. The molecule has 0 bridgehead atoms. The number of halogens is 1. The summed E-state index contributed by atoms with van der Waals surface area (Å²) in [5, 5.41) is 6.07. The largest absolute Gasteiger partial charge is 0.376 e. The van der Waals surface area contributed by atoms with Gasteiger partial charge in [-0.15, -0.1) is 0 Å². The molecule has 2 heterocycles. The maximum Gasteiger partial charge on any atom is 0.244 e. The molecule has 1 aliphatic heterocycles. The summed E-state index contributed by atoms with van der Waals surface area (Å²) in [6.45, 7) is 1.09. The van der Waals surface area contributed by atoms with Crippen LogP contribution in [0, 0.1) is 0 Å². The second-order valence-electron chi connectivity index (χ2n) is 6.26. The number of nitrogens with zero attached hydrogens (tertiary/aromatic N) is 2. The fraction of sp³-hybridized carbons (Fsp3) is 0.333. The Labute approximate surface area is 163 Å². The molecule has 1 aromatic heterocycles. The van der Waals surface area contributed by atoms with E-state index in [4.69, 9.17) is 11.6 Å². The molecule has 7 nitrogen and oxygen atoms in total. The van der Waals surface area contributed by atoms with Crippen molar-refractivity contribution in [2.45, 2.75) is 24.2 Å². The number of benzene rings is 1. The first kappa shape index (κ1) is 19.6. The number of hydrogen-bond donors (Lipinski definition) is 2. The van der Waals surface area contributed by atoms with Crippen LogP contribution in [0.5, 0.6) is 0 Å². The van der Waals surface area contributed by atoms with E-state index in [2.05, 4.69) is 15.6 Å². The molecule has 1 aliphatic rings. The van der Waals surface area contributed by atoms with Gasteiger partial charge in [0.25, 0.3) is 0 Å². The molecule has 3 rings (SSSR count). The Kier molecular flexibility index (Phi) is 6.30. The zero-order valence-electron chi connectivity index (χ0n) is 14.7. The van der Waals surface area contributed by atoms with Crippen molar-refractivity contribution >= 4 is 39.0 Å². The van der Waals surface area contributed by atoms with E-state index in [0.717, 1.165) is 19.3 Å². The summed E-state index contributed by atoms with van der Waals surface area (Å²) in [6.07, 6.45) is 4.27. The third-order valence-corrected chi connectivity index (χ3v) is 6.35. The Morgan fingerprint density at radius 1 is 1.15 bits per heavy atom. The van der Waals surface area contributed by atoms with Crippen molar-refractivity contribution in [3.8, 4) is 0 Å². The summed E-state index contributed by atoms with van der Waals surface area (Å²) in [6, 6.07) is 9.75. The van der Waals surface area contributed by atoms with Gasteiger partial charge in [-0.2, -0.15) is 4.31 Å². The summed E-state index contributed by atoms with van der Waals surface area (Å²) >= 11 is 5.76. The van der Waals surface area contributed by atoms with Crippen LogP contribution in [-0.4, -0.2) is 43.2 Å². The number of carbonyl (C=O) groups is 1. The second kappa shape index (κ2) is 8.69. The third kappa shape index (κ3) is 5.18. The highest BCUT2D eigenvalue weighted by Gasteiger charge is 2.25. The number of rotatable bonds is 6. The van der Waals surface area contributed by atoms with E-state index in [9.17, 15) is 13.2 Å². The van der Waals surface area contributed by atoms with Crippen molar-refractivity contribution < 1.29 is 13.2 Å². The molecule has 0 saturated carbocycles. The van der Waals surface area contributed by atoms with Crippen LogP contribution in [-0.2, 0) is 14.8 Å². The minimum absolute atomic E-state index is 0.0163. The second-order valence-corrected chi connectivity index (χ2v) is 8.63. The Morgan fingerprint density at radius 3 is 2.63 bits per heavy atom. The normalized spacial score (nSPS) is 15.3. The third-order valence-electron chi connectivity index (χ3n) is 4.23. The molecule has 0 aliphatic carbocycles. The number of anilines is 2. The molecule has 1 amide bonds. The number of piperidine rings is 1. The van der Waals surface area contributed by atoms with Crippen LogP contribution in [0.1, 0.15) is 19.3 Å². The lowest BCUT2D eigenvalue weighted by Gasteiger charge is -2.26. The molecule has 0 atom stereocenters. The van der Waals surface area contributed by atoms with Crippen molar-refractivity contribution in [2.75, 3.05) is 30.3 Å². The Morgan fingerprint density at radius 2 is 1.93 bits per heavy atom. The molecule has 2 N–H and O–H groups in total. The SMILES string of the molecule is O=C(CNc1cccc(S(=O)(=O)N2CCCCC2)c1)Nc1ccc(Cl)cn1. The van der Waals surface area contributed by atoms with Gasteiger partial charge in [0.2, 0.25) is 15.9 Å². The highest BCUT2D eigenvalue weighted by Crippen LogP contribution is 2.22. The van der Waals surface area contributed by atoms with Gasteiger partial charge >= 0.3 is 0 Å². The smallest absolute Gasteiger partial charge is 0.244 e. The zero-order valence-corrected chi connectivity index (χ0v) is 16.3. The van der Waals surface area contributed by atoms with Gasteiger partial charge in [-0.05, 0) is 43.2 Å². The maximum atomic E-state index is 12.7. The Bertz CT molecular complexity index is 897. The zero-order chi connectivity index (χ0) is 19.3. The van der Waals surface area contributed by atoms with Gasteiger partial charge in [-0.1, -0.05) is 24.1 Å². The monoisotopic (exact) mass is 408 g/mol. The van der Waals surface area contributed by atoms with Gasteiger partial charge in [0.15, 0.2) is 0 Å². The first-order chi connectivity index (χ1) is 12.9. The van der Waals surface area contributed by atoms with Crippen molar-refractivity contribution in [1.29, 1.82) is 0 Å². The van der Waals surface area contributed by atoms with Crippen LogP contribution >= 0.6 is 11.6 Å². The molecule has 1 saturated heterocycles. The van der Waals surface area contributed by atoms with Gasteiger partial charge in [-0.25, -0.2) is 13.4 Å². The highest BCUT2D eigenvalue weighted by atomic mass is 35.5. The van der Waals surface area contributed by atoms with Gasteiger partial charge < -0.3 is 10.6 Å². The topological polar surface area (TPSA) is 91.4 Å². The minimum atomic E-state index is -3.51. The summed E-state index contributed by atoms with van der Waals surface area (Å²) in [5.41, 5.74) is 0.562. The van der Waals surface area contributed by atoms with Crippen LogP contribution in [0.3, 0.4) is 0 Å². The quantitative estimate of drug-likeness (QED) is 0.766.